The molecule has 2 aromatic carbocycles. The van der Waals surface area contributed by atoms with E-state index in [1.807, 2.05) is 0 Å². The Kier molecular flexibility index (Phi) is 5.91. The van der Waals surface area contributed by atoms with Crippen molar-refractivity contribution < 1.29 is 19.3 Å². The van der Waals surface area contributed by atoms with Crippen LogP contribution in [0.2, 0.25) is 5.02 Å². The number of nitro benzene ring substituents is 1. The van der Waals surface area contributed by atoms with Gasteiger partial charge in [0.1, 0.15) is 0 Å². The maximum absolute atomic E-state index is 12.9. The van der Waals surface area contributed by atoms with E-state index in [9.17, 15) is 19.7 Å². The van der Waals surface area contributed by atoms with Crippen molar-refractivity contribution in [1.82, 2.24) is 0 Å². The molecule has 0 saturated carbocycles. The number of benzene rings is 2. The van der Waals surface area contributed by atoms with Crippen LogP contribution >= 0.6 is 23.2 Å². The van der Waals surface area contributed by atoms with Crippen LogP contribution in [0.5, 0.6) is 0 Å². The number of carbonyl (C=O) groups excluding carboxylic acids is 2. The number of hydrogen-bond acceptors (Lipinski definition) is 6. The van der Waals surface area contributed by atoms with Crippen molar-refractivity contribution in [3.8, 4) is 0 Å². The summed E-state index contributed by atoms with van der Waals surface area (Å²) < 4.78 is 0. The molecule has 1 aliphatic rings. The number of alkyl halides is 1. The molecule has 0 bridgehead atoms. The first-order chi connectivity index (χ1) is 13.4. The first-order valence-corrected chi connectivity index (χ1v) is 9.01. The van der Waals surface area contributed by atoms with Gasteiger partial charge in [0.2, 0.25) is 0 Å². The minimum absolute atomic E-state index is 0.0440. The van der Waals surface area contributed by atoms with Gasteiger partial charge in [-0.15, -0.1) is 11.6 Å². The second-order valence-electron chi connectivity index (χ2n) is 5.82. The molecule has 8 nitrogen and oxygen atoms in total. The van der Waals surface area contributed by atoms with E-state index in [0.29, 0.717) is 10.7 Å². The molecule has 144 valence electrons. The fraction of sp³-hybridized carbons (Fsp3) is 0.167. The maximum Gasteiger partial charge on any atom is 0.336 e. The molecule has 1 amide bonds. The van der Waals surface area contributed by atoms with Crippen LogP contribution in [0.15, 0.2) is 47.6 Å². The molecule has 1 heterocycles. The van der Waals surface area contributed by atoms with Gasteiger partial charge in [0.05, 0.1) is 23.6 Å². The molecule has 2 aromatic rings. The lowest BCUT2D eigenvalue weighted by Crippen LogP contribution is -2.29. The third-order valence-electron chi connectivity index (χ3n) is 3.98. The highest BCUT2D eigenvalue weighted by molar-refractivity contribution is 6.54. The summed E-state index contributed by atoms with van der Waals surface area (Å²) in [5.41, 5.74) is 1.04. The van der Waals surface area contributed by atoms with Crippen LogP contribution in [-0.4, -0.2) is 28.4 Å². The highest BCUT2D eigenvalue weighted by Gasteiger charge is 2.36. The van der Waals surface area contributed by atoms with Crippen molar-refractivity contribution in [2.75, 3.05) is 10.8 Å². The van der Waals surface area contributed by atoms with Gasteiger partial charge < -0.3 is 9.74 Å². The molecule has 0 N–H and O–H groups in total. The zero-order chi connectivity index (χ0) is 20.3. The Morgan fingerprint density at radius 3 is 2.57 bits per heavy atom. The van der Waals surface area contributed by atoms with E-state index in [1.165, 1.54) is 23.1 Å². The van der Waals surface area contributed by atoms with Crippen LogP contribution in [0.1, 0.15) is 17.5 Å². The third-order valence-corrected chi connectivity index (χ3v) is 4.42. The first kappa shape index (κ1) is 19.8. The van der Waals surface area contributed by atoms with Gasteiger partial charge >= 0.3 is 5.97 Å². The molecule has 0 spiro atoms. The van der Waals surface area contributed by atoms with E-state index in [2.05, 4.69) is 5.16 Å². The Balaban J connectivity index is 1.98. The number of carbonyl (C=O) groups is 2. The van der Waals surface area contributed by atoms with Crippen molar-refractivity contribution in [2.24, 2.45) is 5.16 Å². The molecular weight excluding hydrogens is 409 g/mol. The van der Waals surface area contributed by atoms with E-state index >= 15 is 0 Å². The molecule has 0 aromatic heterocycles. The molecule has 0 unspecified atom stereocenters. The molecule has 0 aliphatic carbocycles. The van der Waals surface area contributed by atoms with Crippen LogP contribution < -0.4 is 4.90 Å². The van der Waals surface area contributed by atoms with Gasteiger partial charge in [-0.3, -0.25) is 14.9 Å². The van der Waals surface area contributed by atoms with Crippen molar-refractivity contribution in [3.63, 3.8) is 0 Å². The average Bonchev–Trinajstić information content (AvgIpc) is 2.93. The van der Waals surface area contributed by atoms with Gasteiger partial charge in [-0.2, -0.15) is 0 Å². The average molecular weight is 422 g/mol. The zero-order valence-corrected chi connectivity index (χ0v) is 15.8. The van der Waals surface area contributed by atoms with Crippen molar-refractivity contribution in [1.29, 1.82) is 0 Å². The summed E-state index contributed by atoms with van der Waals surface area (Å²) in [6.07, 6.45) is -0.0805. The Morgan fingerprint density at radius 1 is 1.21 bits per heavy atom. The number of rotatable bonds is 6. The van der Waals surface area contributed by atoms with Gasteiger partial charge in [-0.25, -0.2) is 4.79 Å². The lowest BCUT2D eigenvalue weighted by molar-refractivity contribution is -0.384. The number of anilines is 1. The second kappa shape index (κ2) is 8.37. The third kappa shape index (κ3) is 4.13. The number of non-ortho nitro benzene ring substituents is 1. The molecule has 0 fully saturated rings. The highest BCUT2D eigenvalue weighted by Crippen LogP contribution is 2.34. The van der Waals surface area contributed by atoms with Crippen LogP contribution in [0, 0.1) is 10.1 Å². The van der Waals surface area contributed by atoms with Gasteiger partial charge in [0.15, 0.2) is 5.71 Å². The quantitative estimate of drug-likeness (QED) is 0.306. The minimum Gasteiger partial charge on any atom is -0.317 e. The molecule has 10 heteroatoms. The molecule has 28 heavy (non-hydrogen) atoms. The van der Waals surface area contributed by atoms with Crippen LogP contribution in [0.3, 0.4) is 0 Å². The van der Waals surface area contributed by atoms with E-state index in [-0.39, 0.29) is 35.8 Å². The molecule has 0 saturated heterocycles. The summed E-state index contributed by atoms with van der Waals surface area (Å²) in [6.45, 7) is 0.190. The van der Waals surface area contributed by atoms with Crippen molar-refractivity contribution in [3.05, 3.63) is 68.7 Å². The SMILES string of the molecule is O=C(CCCl)ON=C1C(=O)N(Cc2ccc(Cl)cc2)c2ccc([N+](=O)[O-])cc21. The summed E-state index contributed by atoms with van der Waals surface area (Å²) in [7, 11) is 0. The van der Waals surface area contributed by atoms with Gasteiger partial charge in [0.25, 0.3) is 11.6 Å². The monoisotopic (exact) mass is 421 g/mol. The number of amides is 1. The topological polar surface area (TPSA) is 102 Å². The lowest BCUT2D eigenvalue weighted by atomic mass is 10.1. The summed E-state index contributed by atoms with van der Waals surface area (Å²) in [5, 5.41) is 15.3. The fourth-order valence-electron chi connectivity index (χ4n) is 2.65. The number of hydrogen-bond donors (Lipinski definition) is 0. The van der Waals surface area contributed by atoms with Crippen LogP contribution in [0.25, 0.3) is 0 Å². The number of halogens is 2. The fourth-order valence-corrected chi connectivity index (χ4v) is 2.93. The predicted molar refractivity (Wildman–Crippen MR) is 104 cm³/mol. The summed E-state index contributed by atoms with van der Waals surface area (Å²) in [4.78, 5) is 41.1. The van der Waals surface area contributed by atoms with Gasteiger partial charge in [-0.1, -0.05) is 28.9 Å². The lowest BCUT2D eigenvalue weighted by Gasteiger charge is -2.16. The predicted octanol–water partition coefficient (Wildman–Crippen LogP) is 3.67. The largest absolute Gasteiger partial charge is 0.336 e. The Bertz CT molecular complexity index is 976. The van der Waals surface area contributed by atoms with Crippen molar-refractivity contribution in [2.45, 2.75) is 13.0 Å². The number of nitro groups is 1. The standard InChI is InChI=1S/C18H13Cl2N3O5/c19-8-7-16(24)28-21-17-14-9-13(23(26)27)5-6-15(14)22(18(17)25)10-11-1-3-12(20)4-2-11/h1-6,9H,7-8,10H2. The van der Waals surface area contributed by atoms with Crippen LogP contribution in [0.4, 0.5) is 11.4 Å². The van der Waals surface area contributed by atoms with E-state index < -0.39 is 16.8 Å². The molecule has 3 rings (SSSR count). The summed E-state index contributed by atoms with van der Waals surface area (Å²) in [6, 6.07) is 10.9. The molecule has 0 atom stereocenters. The van der Waals surface area contributed by atoms with E-state index in [4.69, 9.17) is 28.0 Å². The van der Waals surface area contributed by atoms with E-state index in [0.717, 1.165) is 5.56 Å². The van der Waals surface area contributed by atoms with Gasteiger partial charge in [0, 0.05) is 28.6 Å². The van der Waals surface area contributed by atoms with E-state index in [1.54, 1.807) is 24.3 Å². The molecular formula is C18H13Cl2N3O5. The Hall–Kier alpha value is -2.97. The second-order valence-corrected chi connectivity index (χ2v) is 6.63. The number of fused-ring (bicyclic) bond motifs is 1. The normalized spacial score (nSPS) is 14.3. The smallest absolute Gasteiger partial charge is 0.317 e. The first-order valence-electron chi connectivity index (χ1n) is 8.09. The Labute approximate surface area is 169 Å². The molecule has 0 radical (unpaired) electrons. The van der Waals surface area contributed by atoms with Gasteiger partial charge in [-0.05, 0) is 23.8 Å². The Morgan fingerprint density at radius 2 is 1.93 bits per heavy atom. The summed E-state index contributed by atoms with van der Waals surface area (Å²) in [5.74, 6) is -1.20. The maximum atomic E-state index is 12.9. The summed E-state index contributed by atoms with van der Waals surface area (Å²) >= 11 is 11.4. The minimum atomic E-state index is -0.710. The highest BCUT2D eigenvalue weighted by atomic mass is 35.5. The van der Waals surface area contributed by atoms with Crippen molar-refractivity contribution >= 4 is 52.2 Å². The van der Waals surface area contributed by atoms with Crippen LogP contribution in [-0.2, 0) is 21.0 Å². The number of oxime groups is 1. The number of nitrogens with zero attached hydrogens (tertiary/aromatic N) is 3. The zero-order valence-electron chi connectivity index (χ0n) is 14.3. The molecule has 1 aliphatic heterocycles.